The molecular formula is C24H46O3. The van der Waals surface area contributed by atoms with Gasteiger partial charge >= 0.3 is 5.97 Å². The highest BCUT2D eigenvalue weighted by Gasteiger charge is 2.34. The molecule has 0 aromatic heterocycles. The summed E-state index contributed by atoms with van der Waals surface area (Å²) < 4.78 is 10.7. The molecule has 1 rings (SSSR count). The first-order valence-electron chi connectivity index (χ1n) is 12.0. The second kappa shape index (κ2) is 16.4. The van der Waals surface area contributed by atoms with Crippen LogP contribution < -0.4 is 0 Å². The Morgan fingerprint density at radius 1 is 0.889 bits per heavy atom. The van der Waals surface area contributed by atoms with Gasteiger partial charge in [0, 0.05) is 12.3 Å². The molecule has 1 saturated heterocycles. The SMILES string of the molecule is CCCCCCCCCCCCCCCC(C)CC(=O)OC1OCC1CC. The number of esters is 1. The van der Waals surface area contributed by atoms with Crippen LogP contribution in [0.4, 0.5) is 0 Å². The highest BCUT2D eigenvalue weighted by Crippen LogP contribution is 2.25. The van der Waals surface area contributed by atoms with Crippen molar-refractivity contribution in [1.29, 1.82) is 0 Å². The van der Waals surface area contributed by atoms with Gasteiger partial charge < -0.3 is 9.47 Å². The molecule has 3 unspecified atom stereocenters. The predicted molar refractivity (Wildman–Crippen MR) is 114 cm³/mol. The molecule has 0 aliphatic carbocycles. The van der Waals surface area contributed by atoms with E-state index < -0.39 is 0 Å². The van der Waals surface area contributed by atoms with Crippen LogP contribution in [-0.4, -0.2) is 18.9 Å². The fraction of sp³-hybridized carbons (Fsp3) is 0.958. The van der Waals surface area contributed by atoms with E-state index in [1.54, 1.807) is 0 Å². The number of rotatable bonds is 18. The van der Waals surface area contributed by atoms with Gasteiger partial charge in [-0.25, -0.2) is 0 Å². The van der Waals surface area contributed by atoms with Crippen molar-refractivity contribution in [2.24, 2.45) is 11.8 Å². The summed E-state index contributed by atoms with van der Waals surface area (Å²) in [6.45, 7) is 7.30. The van der Waals surface area contributed by atoms with E-state index in [0.29, 0.717) is 18.3 Å². The zero-order valence-electron chi connectivity index (χ0n) is 18.5. The highest BCUT2D eigenvalue weighted by molar-refractivity contribution is 5.69. The van der Waals surface area contributed by atoms with E-state index in [1.165, 1.54) is 83.5 Å². The lowest BCUT2D eigenvalue weighted by atomic mass is 9.98. The van der Waals surface area contributed by atoms with Crippen LogP contribution in [0.25, 0.3) is 0 Å². The van der Waals surface area contributed by atoms with Crippen LogP contribution in [-0.2, 0) is 14.3 Å². The number of ether oxygens (including phenoxy) is 2. The number of unbranched alkanes of at least 4 members (excludes halogenated alkanes) is 12. The van der Waals surface area contributed by atoms with Crippen molar-refractivity contribution in [3.63, 3.8) is 0 Å². The van der Waals surface area contributed by atoms with Crippen LogP contribution in [0.2, 0.25) is 0 Å². The smallest absolute Gasteiger partial charge is 0.308 e. The Morgan fingerprint density at radius 2 is 1.41 bits per heavy atom. The Bertz CT molecular complexity index is 354. The molecule has 3 heteroatoms. The van der Waals surface area contributed by atoms with Crippen molar-refractivity contribution >= 4 is 5.97 Å². The van der Waals surface area contributed by atoms with Gasteiger partial charge in [-0.1, -0.05) is 111 Å². The standard InChI is InChI=1S/C24H46O3/c1-4-6-7-8-9-10-11-12-13-14-15-16-17-18-21(3)19-23(25)27-24-22(5-2)20-26-24/h21-22,24H,4-20H2,1-3H3. The number of carbonyl (C=O) groups is 1. The molecule has 3 nitrogen and oxygen atoms in total. The van der Waals surface area contributed by atoms with Gasteiger partial charge in [-0.3, -0.25) is 4.79 Å². The van der Waals surface area contributed by atoms with E-state index in [-0.39, 0.29) is 12.3 Å². The van der Waals surface area contributed by atoms with Crippen molar-refractivity contribution in [2.75, 3.05) is 6.61 Å². The molecule has 0 saturated carbocycles. The molecule has 1 aliphatic rings. The summed E-state index contributed by atoms with van der Waals surface area (Å²) in [5.41, 5.74) is 0. The minimum Gasteiger partial charge on any atom is -0.435 e. The third-order valence-electron chi connectivity index (χ3n) is 5.95. The lowest BCUT2D eigenvalue weighted by Crippen LogP contribution is -2.42. The van der Waals surface area contributed by atoms with Crippen LogP contribution in [0.3, 0.4) is 0 Å². The fourth-order valence-corrected chi connectivity index (χ4v) is 3.83. The number of hydrogen-bond donors (Lipinski definition) is 0. The molecule has 27 heavy (non-hydrogen) atoms. The topological polar surface area (TPSA) is 35.5 Å². The molecule has 160 valence electrons. The quantitative estimate of drug-likeness (QED) is 0.183. The normalized spacial score (nSPS) is 20.3. The van der Waals surface area contributed by atoms with E-state index in [1.807, 2.05) is 0 Å². The van der Waals surface area contributed by atoms with Crippen LogP contribution >= 0.6 is 0 Å². The second-order valence-corrected chi connectivity index (χ2v) is 8.70. The van der Waals surface area contributed by atoms with Crippen LogP contribution in [0, 0.1) is 11.8 Å². The van der Waals surface area contributed by atoms with Crippen LogP contribution in [0.15, 0.2) is 0 Å². The van der Waals surface area contributed by atoms with Gasteiger partial charge in [0.05, 0.1) is 6.61 Å². The maximum atomic E-state index is 11.9. The molecule has 0 spiro atoms. The van der Waals surface area contributed by atoms with E-state index in [9.17, 15) is 4.79 Å². The Hall–Kier alpha value is -0.570. The molecule has 1 heterocycles. The zero-order chi connectivity index (χ0) is 19.7. The predicted octanol–water partition coefficient (Wildman–Crippen LogP) is 7.42. The Morgan fingerprint density at radius 3 is 1.85 bits per heavy atom. The largest absolute Gasteiger partial charge is 0.435 e. The second-order valence-electron chi connectivity index (χ2n) is 8.70. The van der Waals surface area contributed by atoms with Gasteiger partial charge in [-0.2, -0.15) is 0 Å². The minimum atomic E-state index is -0.272. The first-order chi connectivity index (χ1) is 13.2. The van der Waals surface area contributed by atoms with Crippen LogP contribution in [0.1, 0.15) is 124 Å². The summed E-state index contributed by atoms with van der Waals surface area (Å²) in [7, 11) is 0. The van der Waals surface area contributed by atoms with Gasteiger partial charge in [0.1, 0.15) is 0 Å². The van der Waals surface area contributed by atoms with Crippen molar-refractivity contribution in [2.45, 2.75) is 130 Å². The molecule has 1 fully saturated rings. The maximum absolute atomic E-state index is 11.9. The van der Waals surface area contributed by atoms with Gasteiger partial charge in [0.2, 0.25) is 6.29 Å². The average Bonchev–Trinajstić information content (AvgIpc) is 2.63. The van der Waals surface area contributed by atoms with E-state index in [0.717, 1.165) is 19.4 Å². The third-order valence-corrected chi connectivity index (χ3v) is 5.95. The van der Waals surface area contributed by atoms with E-state index >= 15 is 0 Å². The van der Waals surface area contributed by atoms with Crippen molar-refractivity contribution in [3.8, 4) is 0 Å². The van der Waals surface area contributed by atoms with E-state index in [2.05, 4.69) is 20.8 Å². The molecule has 1 aliphatic heterocycles. The minimum absolute atomic E-state index is 0.0830. The first-order valence-corrected chi connectivity index (χ1v) is 12.0. The summed E-state index contributed by atoms with van der Waals surface area (Å²) in [5, 5.41) is 0. The lowest BCUT2D eigenvalue weighted by Gasteiger charge is -2.35. The van der Waals surface area contributed by atoms with Gasteiger partial charge in [0.25, 0.3) is 0 Å². The molecular weight excluding hydrogens is 336 g/mol. The average molecular weight is 383 g/mol. The highest BCUT2D eigenvalue weighted by atomic mass is 16.7. The zero-order valence-corrected chi connectivity index (χ0v) is 18.5. The Balaban J connectivity index is 1.82. The van der Waals surface area contributed by atoms with E-state index in [4.69, 9.17) is 9.47 Å². The molecule has 3 atom stereocenters. The van der Waals surface area contributed by atoms with Gasteiger partial charge in [0.15, 0.2) is 0 Å². The Labute approximate surface area is 169 Å². The molecule has 0 N–H and O–H groups in total. The number of carbonyl (C=O) groups excluding carboxylic acids is 1. The summed E-state index contributed by atoms with van der Waals surface area (Å²) in [6, 6.07) is 0. The molecule has 0 amide bonds. The summed E-state index contributed by atoms with van der Waals surface area (Å²) in [4.78, 5) is 11.9. The fourth-order valence-electron chi connectivity index (χ4n) is 3.83. The maximum Gasteiger partial charge on any atom is 0.308 e. The molecule has 0 radical (unpaired) electrons. The summed E-state index contributed by atoms with van der Waals surface area (Å²) in [6.07, 6.45) is 20.4. The molecule has 0 aromatic rings. The third kappa shape index (κ3) is 12.5. The van der Waals surface area contributed by atoms with Gasteiger partial charge in [-0.15, -0.1) is 0 Å². The summed E-state index contributed by atoms with van der Waals surface area (Å²) in [5.74, 6) is 0.746. The van der Waals surface area contributed by atoms with Crippen molar-refractivity contribution in [3.05, 3.63) is 0 Å². The van der Waals surface area contributed by atoms with Crippen molar-refractivity contribution < 1.29 is 14.3 Å². The lowest BCUT2D eigenvalue weighted by molar-refractivity contribution is -0.251. The number of hydrogen-bond acceptors (Lipinski definition) is 3. The summed E-state index contributed by atoms with van der Waals surface area (Å²) >= 11 is 0. The van der Waals surface area contributed by atoms with Crippen molar-refractivity contribution in [1.82, 2.24) is 0 Å². The Kier molecular flexibility index (Phi) is 14.9. The first kappa shape index (κ1) is 24.5. The molecule has 0 aromatic carbocycles. The van der Waals surface area contributed by atoms with Gasteiger partial charge in [-0.05, 0) is 12.3 Å². The monoisotopic (exact) mass is 382 g/mol. The molecule has 0 bridgehead atoms. The van der Waals surface area contributed by atoms with Crippen LogP contribution in [0.5, 0.6) is 0 Å².